The minimum Gasteiger partial charge on any atom is -0.395 e. The highest BCUT2D eigenvalue weighted by molar-refractivity contribution is 5.98. The van der Waals surface area contributed by atoms with Crippen LogP contribution in [0.2, 0.25) is 0 Å². The number of nitrogens with zero attached hydrogens (tertiary/aromatic N) is 1. The summed E-state index contributed by atoms with van der Waals surface area (Å²) in [6.45, 7) is 0.997. The van der Waals surface area contributed by atoms with E-state index in [2.05, 4.69) is 29.0 Å². The highest BCUT2D eigenvalue weighted by Gasteiger charge is 2.52. The van der Waals surface area contributed by atoms with Crippen molar-refractivity contribution in [1.82, 2.24) is 15.7 Å². The maximum absolute atomic E-state index is 12.5. The van der Waals surface area contributed by atoms with Crippen LogP contribution in [0.4, 0.5) is 0 Å². The normalized spacial score (nSPS) is 14.8. The summed E-state index contributed by atoms with van der Waals surface area (Å²) in [6.07, 6.45) is 0.340. The van der Waals surface area contributed by atoms with Crippen LogP contribution in [0.15, 0.2) is 24.3 Å². The van der Waals surface area contributed by atoms with Gasteiger partial charge in [0.05, 0.1) is 19.7 Å². The van der Waals surface area contributed by atoms with Gasteiger partial charge in [0.25, 0.3) is 11.8 Å². The van der Waals surface area contributed by atoms with Crippen LogP contribution in [0, 0.1) is 23.7 Å². The number of carbonyl (C=O) groups is 3. The van der Waals surface area contributed by atoms with Gasteiger partial charge >= 0.3 is 0 Å². The van der Waals surface area contributed by atoms with Gasteiger partial charge in [-0.3, -0.25) is 19.6 Å². The van der Waals surface area contributed by atoms with Gasteiger partial charge in [0.1, 0.15) is 11.6 Å². The highest BCUT2D eigenvalue weighted by atomic mass is 16.5. The third-order valence-electron chi connectivity index (χ3n) is 4.30. The van der Waals surface area contributed by atoms with Gasteiger partial charge < -0.3 is 20.4 Å². The van der Waals surface area contributed by atoms with Crippen LogP contribution < -0.4 is 10.8 Å². The number of likely N-dealkylation sites (tertiary alicyclic amines) is 1. The predicted molar refractivity (Wildman–Crippen MR) is 101 cm³/mol. The summed E-state index contributed by atoms with van der Waals surface area (Å²) < 4.78 is 0. The molecule has 1 aliphatic rings. The molecule has 1 aromatic carbocycles. The number of hydroxylamine groups is 1. The zero-order valence-electron chi connectivity index (χ0n) is 15.7. The average molecular weight is 399 g/mol. The fourth-order valence-electron chi connectivity index (χ4n) is 2.71. The third-order valence-corrected chi connectivity index (χ3v) is 4.30. The van der Waals surface area contributed by atoms with E-state index in [0.29, 0.717) is 12.0 Å². The average Bonchev–Trinajstić information content (AvgIpc) is 2.69. The lowest BCUT2D eigenvalue weighted by molar-refractivity contribution is -0.166. The number of hydrogen-bond donors (Lipinski definition) is 5. The summed E-state index contributed by atoms with van der Waals surface area (Å²) in [4.78, 5) is 37.1. The summed E-state index contributed by atoms with van der Waals surface area (Å²) in [5.74, 6) is 8.74. The Bertz CT molecular complexity index is 898. The van der Waals surface area contributed by atoms with Crippen LogP contribution in [0.5, 0.6) is 0 Å². The Kier molecular flexibility index (Phi) is 7.34. The standard InChI is InChI=1S/C20H21N3O6/c1-14(25)23-12-20(28,13-23)17(19(27)22-29)21-18(26)16-9-7-15(8-10-16)6-4-2-3-5-11-24/h7-10,17,24,28-29H,5,11-13H2,1H3,(H,21,26)(H,22,27). The maximum atomic E-state index is 12.5. The van der Waals surface area contributed by atoms with Crippen molar-refractivity contribution in [3.63, 3.8) is 0 Å². The molecule has 1 fully saturated rings. The Balaban J connectivity index is 2.07. The SMILES string of the molecule is CC(=O)N1CC(O)(C(NC(=O)c2ccc(C#CC#CCCO)cc2)C(=O)NO)C1. The summed E-state index contributed by atoms with van der Waals surface area (Å²) in [5.41, 5.74) is 0.558. The van der Waals surface area contributed by atoms with Crippen LogP contribution >= 0.6 is 0 Å². The fourth-order valence-corrected chi connectivity index (χ4v) is 2.71. The molecular weight excluding hydrogens is 378 g/mol. The first-order valence-electron chi connectivity index (χ1n) is 8.73. The molecule has 0 spiro atoms. The Morgan fingerprint density at radius 1 is 1.21 bits per heavy atom. The molecule has 9 nitrogen and oxygen atoms in total. The topological polar surface area (TPSA) is 139 Å². The van der Waals surface area contributed by atoms with Crippen molar-refractivity contribution in [2.75, 3.05) is 19.7 Å². The van der Waals surface area contributed by atoms with Crippen molar-refractivity contribution in [3.05, 3.63) is 35.4 Å². The Hall–Kier alpha value is -3.37. The second-order valence-electron chi connectivity index (χ2n) is 6.46. The molecule has 1 atom stereocenters. The predicted octanol–water partition coefficient (Wildman–Crippen LogP) is -1.38. The summed E-state index contributed by atoms with van der Waals surface area (Å²) in [7, 11) is 0. The van der Waals surface area contributed by atoms with E-state index in [4.69, 9.17) is 10.3 Å². The van der Waals surface area contributed by atoms with Crippen molar-refractivity contribution < 1.29 is 29.8 Å². The molecule has 9 heteroatoms. The molecule has 0 aromatic heterocycles. The van der Waals surface area contributed by atoms with E-state index in [1.165, 1.54) is 29.4 Å². The minimum absolute atomic E-state index is 0.0320. The van der Waals surface area contributed by atoms with E-state index < -0.39 is 23.5 Å². The molecule has 0 aliphatic carbocycles. The minimum atomic E-state index is -1.69. The quantitative estimate of drug-likeness (QED) is 0.235. The van der Waals surface area contributed by atoms with Crippen molar-refractivity contribution in [2.45, 2.75) is 25.0 Å². The number of hydrogen-bond acceptors (Lipinski definition) is 6. The zero-order valence-corrected chi connectivity index (χ0v) is 15.7. The molecule has 0 radical (unpaired) electrons. The molecular formula is C20H21N3O6. The Labute approximate surface area is 167 Å². The number of β-amino-alcohol motifs (C(OH)–C–C–N with tert-alkyl or cyclic N) is 1. The van der Waals surface area contributed by atoms with Crippen LogP contribution in [0.3, 0.4) is 0 Å². The molecule has 29 heavy (non-hydrogen) atoms. The summed E-state index contributed by atoms with van der Waals surface area (Å²) in [5, 5.41) is 30.5. The van der Waals surface area contributed by atoms with Gasteiger partial charge in [-0.2, -0.15) is 0 Å². The maximum Gasteiger partial charge on any atom is 0.269 e. The van der Waals surface area contributed by atoms with Crippen LogP contribution in [0.25, 0.3) is 0 Å². The van der Waals surface area contributed by atoms with Crippen LogP contribution in [-0.4, -0.2) is 69.4 Å². The van der Waals surface area contributed by atoms with Gasteiger partial charge in [-0.15, -0.1) is 0 Å². The first-order valence-corrected chi connectivity index (χ1v) is 8.73. The molecule has 1 aromatic rings. The van der Waals surface area contributed by atoms with E-state index in [-0.39, 0.29) is 31.2 Å². The first-order chi connectivity index (χ1) is 13.8. The Morgan fingerprint density at radius 2 is 1.86 bits per heavy atom. The number of rotatable bonds is 5. The molecule has 0 bridgehead atoms. The number of amides is 3. The number of aliphatic hydroxyl groups is 2. The second-order valence-corrected chi connectivity index (χ2v) is 6.46. The van der Waals surface area contributed by atoms with Crippen molar-refractivity contribution in [2.24, 2.45) is 0 Å². The van der Waals surface area contributed by atoms with Gasteiger partial charge in [-0.1, -0.05) is 11.8 Å². The lowest BCUT2D eigenvalue weighted by Crippen LogP contribution is -2.74. The third kappa shape index (κ3) is 5.56. The number of carbonyl (C=O) groups excluding carboxylic acids is 3. The monoisotopic (exact) mass is 399 g/mol. The molecule has 1 aliphatic heterocycles. The largest absolute Gasteiger partial charge is 0.395 e. The van der Waals surface area contributed by atoms with E-state index in [9.17, 15) is 19.5 Å². The molecule has 152 valence electrons. The molecule has 1 unspecified atom stereocenters. The fraction of sp³-hybridized carbons (Fsp3) is 0.350. The van der Waals surface area contributed by atoms with Gasteiger partial charge in [0, 0.05) is 24.5 Å². The summed E-state index contributed by atoms with van der Waals surface area (Å²) >= 11 is 0. The smallest absolute Gasteiger partial charge is 0.269 e. The van der Waals surface area contributed by atoms with Crippen molar-refractivity contribution >= 4 is 17.7 Å². The van der Waals surface area contributed by atoms with E-state index in [0.717, 1.165) is 0 Å². The molecule has 1 saturated heterocycles. The van der Waals surface area contributed by atoms with Gasteiger partial charge in [0.15, 0.2) is 0 Å². The number of nitrogens with one attached hydrogen (secondary N) is 2. The van der Waals surface area contributed by atoms with Crippen molar-refractivity contribution in [1.29, 1.82) is 0 Å². The number of aliphatic hydroxyl groups excluding tert-OH is 1. The van der Waals surface area contributed by atoms with Gasteiger partial charge in [-0.25, -0.2) is 5.48 Å². The van der Waals surface area contributed by atoms with Gasteiger partial charge in [0.2, 0.25) is 5.91 Å². The number of benzene rings is 1. The first kappa shape index (κ1) is 21.9. The second kappa shape index (κ2) is 9.71. The molecule has 3 amide bonds. The van der Waals surface area contributed by atoms with E-state index >= 15 is 0 Å². The molecule has 2 rings (SSSR count). The lowest BCUT2D eigenvalue weighted by Gasteiger charge is -2.49. The van der Waals surface area contributed by atoms with Crippen LogP contribution in [0.1, 0.15) is 29.3 Å². The molecule has 5 N–H and O–H groups in total. The van der Waals surface area contributed by atoms with E-state index in [1.54, 1.807) is 12.1 Å². The summed E-state index contributed by atoms with van der Waals surface area (Å²) in [6, 6.07) is 4.71. The lowest BCUT2D eigenvalue weighted by atomic mass is 9.85. The van der Waals surface area contributed by atoms with Crippen LogP contribution in [-0.2, 0) is 9.59 Å². The molecule has 1 heterocycles. The zero-order chi connectivity index (χ0) is 21.4. The van der Waals surface area contributed by atoms with E-state index in [1.807, 2.05) is 0 Å². The Morgan fingerprint density at radius 3 is 2.41 bits per heavy atom. The van der Waals surface area contributed by atoms with Crippen molar-refractivity contribution in [3.8, 4) is 23.7 Å². The molecule has 0 saturated carbocycles. The highest BCUT2D eigenvalue weighted by Crippen LogP contribution is 2.25. The van der Waals surface area contributed by atoms with Gasteiger partial charge in [-0.05, 0) is 36.1 Å².